The quantitative estimate of drug-likeness (QED) is 0.818. The molecule has 0 radical (unpaired) electrons. The first-order valence-electron chi connectivity index (χ1n) is 4.68. The van der Waals surface area contributed by atoms with Crippen LogP contribution in [0.5, 0.6) is 0 Å². The number of hydrogen-bond acceptors (Lipinski definition) is 2. The fraction of sp³-hybridized carbons (Fsp3) is 0.600. The van der Waals surface area contributed by atoms with Gasteiger partial charge in [-0.25, -0.2) is 0 Å². The SMILES string of the molecule is CCC1(Cc2csc(Cl)c2)CNC1. The second-order valence-corrected chi connectivity index (χ2v) is 5.44. The van der Waals surface area contributed by atoms with Crippen molar-refractivity contribution in [3.05, 3.63) is 21.3 Å². The molecule has 2 heterocycles. The summed E-state index contributed by atoms with van der Waals surface area (Å²) >= 11 is 7.53. The highest BCUT2D eigenvalue weighted by atomic mass is 35.5. The Morgan fingerprint density at radius 1 is 1.62 bits per heavy atom. The number of hydrogen-bond donors (Lipinski definition) is 1. The van der Waals surface area contributed by atoms with Gasteiger partial charge in [-0.15, -0.1) is 11.3 Å². The van der Waals surface area contributed by atoms with Crippen molar-refractivity contribution in [3.63, 3.8) is 0 Å². The normalized spacial score (nSPS) is 19.8. The van der Waals surface area contributed by atoms with Crippen LogP contribution < -0.4 is 5.32 Å². The Hall–Kier alpha value is -0.0500. The standard InChI is InChI=1S/C10H14ClNS/c1-2-10(6-12-7-10)4-8-3-9(11)13-5-8/h3,5,12H,2,4,6-7H2,1H3. The van der Waals surface area contributed by atoms with E-state index in [1.807, 2.05) is 0 Å². The van der Waals surface area contributed by atoms with Crippen LogP contribution in [0.4, 0.5) is 0 Å². The molecule has 1 aliphatic rings. The van der Waals surface area contributed by atoms with Gasteiger partial charge in [-0.05, 0) is 35.3 Å². The average Bonchev–Trinajstić information content (AvgIpc) is 2.44. The number of thiophene rings is 1. The highest BCUT2D eigenvalue weighted by Crippen LogP contribution is 2.33. The van der Waals surface area contributed by atoms with E-state index in [9.17, 15) is 0 Å². The second-order valence-electron chi connectivity index (χ2n) is 3.89. The van der Waals surface area contributed by atoms with Gasteiger partial charge in [0.1, 0.15) is 0 Å². The van der Waals surface area contributed by atoms with E-state index in [2.05, 4.69) is 23.7 Å². The van der Waals surface area contributed by atoms with Gasteiger partial charge in [0.2, 0.25) is 0 Å². The van der Waals surface area contributed by atoms with E-state index < -0.39 is 0 Å². The van der Waals surface area contributed by atoms with Crippen LogP contribution in [0.2, 0.25) is 4.34 Å². The van der Waals surface area contributed by atoms with E-state index in [-0.39, 0.29) is 0 Å². The lowest BCUT2D eigenvalue weighted by Crippen LogP contribution is -2.54. The van der Waals surface area contributed by atoms with Crippen molar-refractivity contribution in [1.82, 2.24) is 5.32 Å². The van der Waals surface area contributed by atoms with Crippen LogP contribution in [-0.4, -0.2) is 13.1 Å². The Morgan fingerprint density at radius 2 is 2.38 bits per heavy atom. The Balaban J connectivity index is 2.04. The molecular formula is C10H14ClNS. The summed E-state index contributed by atoms with van der Waals surface area (Å²) in [5, 5.41) is 5.53. The maximum atomic E-state index is 5.90. The summed E-state index contributed by atoms with van der Waals surface area (Å²) in [6.07, 6.45) is 2.44. The van der Waals surface area contributed by atoms with Gasteiger partial charge in [0.25, 0.3) is 0 Å². The van der Waals surface area contributed by atoms with Crippen molar-refractivity contribution in [2.45, 2.75) is 19.8 Å². The molecule has 1 fully saturated rings. The minimum atomic E-state index is 0.518. The molecule has 1 aromatic rings. The van der Waals surface area contributed by atoms with Gasteiger partial charge in [-0.1, -0.05) is 18.5 Å². The molecule has 0 aliphatic carbocycles. The van der Waals surface area contributed by atoms with Crippen LogP contribution in [0.25, 0.3) is 0 Å². The van der Waals surface area contributed by atoms with Gasteiger partial charge in [0.05, 0.1) is 4.34 Å². The molecule has 0 atom stereocenters. The summed E-state index contributed by atoms with van der Waals surface area (Å²) in [5.41, 5.74) is 1.92. The van der Waals surface area contributed by atoms with Gasteiger partial charge in [0, 0.05) is 13.1 Å². The Bertz CT molecular complexity index is 285. The molecule has 0 saturated carbocycles. The molecule has 72 valence electrons. The first-order valence-corrected chi connectivity index (χ1v) is 5.93. The van der Waals surface area contributed by atoms with Crippen LogP contribution in [0.3, 0.4) is 0 Å². The van der Waals surface area contributed by atoms with Crippen molar-refractivity contribution in [2.24, 2.45) is 5.41 Å². The molecule has 0 spiro atoms. The van der Waals surface area contributed by atoms with Crippen LogP contribution in [0, 0.1) is 5.41 Å². The third kappa shape index (κ3) is 1.90. The van der Waals surface area contributed by atoms with E-state index in [1.54, 1.807) is 11.3 Å². The first kappa shape index (κ1) is 9.50. The number of halogens is 1. The lowest BCUT2D eigenvalue weighted by molar-refractivity contribution is 0.160. The molecule has 0 amide bonds. The number of nitrogens with one attached hydrogen (secondary N) is 1. The van der Waals surface area contributed by atoms with Crippen LogP contribution in [0.1, 0.15) is 18.9 Å². The largest absolute Gasteiger partial charge is 0.316 e. The minimum absolute atomic E-state index is 0.518. The summed E-state index contributed by atoms with van der Waals surface area (Å²) in [6, 6.07) is 2.10. The maximum absolute atomic E-state index is 5.90. The van der Waals surface area contributed by atoms with Crippen molar-refractivity contribution in [2.75, 3.05) is 13.1 Å². The van der Waals surface area contributed by atoms with Crippen molar-refractivity contribution in [3.8, 4) is 0 Å². The first-order chi connectivity index (χ1) is 6.24. The van der Waals surface area contributed by atoms with E-state index in [0.717, 1.165) is 17.4 Å². The fourth-order valence-electron chi connectivity index (χ4n) is 1.85. The summed E-state index contributed by atoms with van der Waals surface area (Å²) in [5.74, 6) is 0. The monoisotopic (exact) mass is 215 g/mol. The maximum Gasteiger partial charge on any atom is 0.0931 e. The molecule has 1 N–H and O–H groups in total. The topological polar surface area (TPSA) is 12.0 Å². The Morgan fingerprint density at radius 3 is 2.77 bits per heavy atom. The van der Waals surface area contributed by atoms with Gasteiger partial charge in [0.15, 0.2) is 0 Å². The van der Waals surface area contributed by atoms with Crippen LogP contribution in [-0.2, 0) is 6.42 Å². The summed E-state index contributed by atoms with van der Waals surface area (Å²) in [4.78, 5) is 0. The Labute approximate surface area is 88.1 Å². The zero-order chi connectivity index (χ0) is 9.31. The van der Waals surface area contributed by atoms with Crippen LogP contribution in [0.15, 0.2) is 11.4 Å². The fourth-order valence-corrected chi connectivity index (χ4v) is 2.76. The molecule has 0 aromatic carbocycles. The molecule has 3 heteroatoms. The van der Waals surface area contributed by atoms with Gasteiger partial charge in [-0.2, -0.15) is 0 Å². The van der Waals surface area contributed by atoms with Crippen molar-refractivity contribution < 1.29 is 0 Å². The van der Waals surface area contributed by atoms with Gasteiger partial charge >= 0.3 is 0 Å². The summed E-state index contributed by atoms with van der Waals surface area (Å²) in [7, 11) is 0. The predicted molar refractivity (Wildman–Crippen MR) is 58.6 cm³/mol. The lowest BCUT2D eigenvalue weighted by atomic mass is 9.75. The highest BCUT2D eigenvalue weighted by Gasteiger charge is 2.34. The molecule has 0 unspecified atom stereocenters. The summed E-state index contributed by atoms with van der Waals surface area (Å²) < 4.78 is 0.911. The molecule has 1 aromatic heterocycles. The van der Waals surface area contributed by atoms with Gasteiger partial charge in [-0.3, -0.25) is 0 Å². The second kappa shape index (κ2) is 3.60. The summed E-state index contributed by atoms with van der Waals surface area (Å²) in [6.45, 7) is 4.60. The molecular weight excluding hydrogens is 202 g/mol. The van der Waals surface area contributed by atoms with E-state index >= 15 is 0 Å². The van der Waals surface area contributed by atoms with Crippen LogP contribution >= 0.6 is 22.9 Å². The van der Waals surface area contributed by atoms with Crippen molar-refractivity contribution >= 4 is 22.9 Å². The predicted octanol–water partition coefficient (Wildman–Crippen LogP) is 2.94. The molecule has 13 heavy (non-hydrogen) atoms. The molecule has 2 rings (SSSR count). The van der Waals surface area contributed by atoms with Crippen molar-refractivity contribution in [1.29, 1.82) is 0 Å². The Kier molecular flexibility index (Phi) is 2.63. The van der Waals surface area contributed by atoms with E-state index in [4.69, 9.17) is 11.6 Å². The molecule has 1 aliphatic heterocycles. The number of rotatable bonds is 3. The highest BCUT2D eigenvalue weighted by molar-refractivity contribution is 7.14. The third-order valence-electron chi connectivity index (χ3n) is 2.95. The zero-order valence-electron chi connectivity index (χ0n) is 7.77. The van der Waals surface area contributed by atoms with Gasteiger partial charge < -0.3 is 5.32 Å². The minimum Gasteiger partial charge on any atom is -0.316 e. The smallest absolute Gasteiger partial charge is 0.0931 e. The zero-order valence-corrected chi connectivity index (χ0v) is 9.34. The molecule has 1 saturated heterocycles. The lowest BCUT2D eigenvalue weighted by Gasteiger charge is -2.42. The molecule has 0 bridgehead atoms. The van der Waals surface area contributed by atoms with E-state index in [0.29, 0.717) is 5.41 Å². The van der Waals surface area contributed by atoms with E-state index in [1.165, 1.54) is 18.4 Å². The average molecular weight is 216 g/mol. The molecule has 1 nitrogen and oxygen atoms in total. The third-order valence-corrected chi connectivity index (χ3v) is 4.09.